The van der Waals surface area contributed by atoms with Crippen molar-refractivity contribution in [1.82, 2.24) is 5.32 Å². The van der Waals surface area contributed by atoms with Gasteiger partial charge in [-0.3, -0.25) is 0 Å². The molecule has 0 amide bonds. The van der Waals surface area contributed by atoms with E-state index in [1.165, 1.54) is 24.0 Å². The van der Waals surface area contributed by atoms with Crippen molar-refractivity contribution in [2.75, 3.05) is 13.1 Å². The highest BCUT2D eigenvalue weighted by Gasteiger charge is 2.12. The number of benzene rings is 1. The van der Waals surface area contributed by atoms with Gasteiger partial charge in [0.1, 0.15) is 0 Å². The van der Waals surface area contributed by atoms with Gasteiger partial charge in [-0.25, -0.2) is 0 Å². The molecule has 1 saturated heterocycles. The summed E-state index contributed by atoms with van der Waals surface area (Å²) >= 11 is 0. The van der Waals surface area contributed by atoms with E-state index in [4.69, 9.17) is 4.74 Å². The normalized spacial score (nSPS) is 20.8. The average Bonchev–Trinajstić information content (AvgIpc) is 2.38. The number of piperidine rings is 1. The molecule has 1 fully saturated rings. The first-order valence-electron chi connectivity index (χ1n) is 6.67. The molecule has 1 heterocycles. The van der Waals surface area contributed by atoms with Crippen molar-refractivity contribution in [2.24, 2.45) is 0 Å². The van der Waals surface area contributed by atoms with Gasteiger partial charge in [-0.1, -0.05) is 38.1 Å². The Morgan fingerprint density at radius 3 is 2.65 bits per heavy atom. The minimum Gasteiger partial charge on any atom is -0.372 e. The molecule has 0 radical (unpaired) electrons. The van der Waals surface area contributed by atoms with Crippen LogP contribution in [0.3, 0.4) is 0 Å². The minimum atomic E-state index is 0.397. The van der Waals surface area contributed by atoms with Crippen LogP contribution in [-0.2, 0) is 11.3 Å². The summed E-state index contributed by atoms with van der Waals surface area (Å²) in [4.78, 5) is 0. The maximum atomic E-state index is 5.91. The lowest BCUT2D eigenvalue weighted by Crippen LogP contribution is -2.35. The highest BCUT2D eigenvalue weighted by atomic mass is 16.5. The summed E-state index contributed by atoms with van der Waals surface area (Å²) < 4.78 is 5.91. The van der Waals surface area contributed by atoms with Gasteiger partial charge in [-0.05, 0) is 36.4 Å². The van der Waals surface area contributed by atoms with Gasteiger partial charge in [0.2, 0.25) is 0 Å². The fourth-order valence-electron chi connectivity index (χ4n) is 2.17. The lowest BCUT2D eigenvalue weighted by molar-refractivity contribution is 0.0253. The van der Waals surface area contributed by atoms with Crippen LogP contribution in [0.25, 0.3) is 0 Å². The Kier molecular flexibility index (Phi) is 4.57. The summed E-state index contributed by atoms with van der Waals surface area (Å²) in [7, 11) is 0. The summed E-state index contributed by atoms with van der Waals surface area (Å²) in [5.74, 6) is 0.604. The first kappa shape index (κ1) is 12.6. The van der Waals surface area contributed by atoms with E-state index < -0.39 is 0 Å². The van der Waals surface area contributed by atoms with Crippen molar-refractivity contribution in [3.63, 3.8) is 0 Å². The predicted molar refractivity (Wildman–Crippen MR) is 71.2 cm³/mol. The Morgan fingerprint density at radius 1 is 1.29 bits per heavy atom. The van der Waals surface area contributed by atoms with E-state index in [9.17, 15) is 0 Å². The minimum absolute atomic E-state index is 0.397. The van der Waals surface area contributed by atoms with Crippen LogP contribution in [0.15, 0.2) is 24.3 Å². The summed E-state index contributed by atoms with van der Waals surface area (Å²) in [6.07, 6.45) is 2.82. The quantitative estimate of drug-likeness (QED) is 0.863. The van der Waals surface area contributed by atoms with Crippen LogP contribution in [0, 0.1) is 0 Å². The Hall–Kier alpha value is -0.860. The number of rotatable bonds is 4. The van der Waals surface area contributed by atoms with Crippen molar-refractivity contribution in [3.05, 3.63) is 35.4 Å². The van der Waals surface area contributed by atoms with Gasteiger partial charge in [0.05, 0.1) is 12.7 Å². The van der Waals surface area contributed by atoms with Gasteiger partial charge in [-0.2, -0.15) is 0 Å². The van der Waals surface area contributed by atoms with Crippen LogP contribution in [0.1, 0.15) is 43.7 Å². The van der Waals surface area contributed by atoms with Gasteiger partial charge in [0.25, 0.3) is 0 Å². The maximum absolute atomic E-state index is 5.91. The lowest BCUT2D eigenvalue weighted by Gasteiger charge is -2.23. The molecule has 0 saturated carbocycles. The number of ether oxygens (including phenoxy) is 1. The van der Waals surface area contributed by atoms with E-state index in [1.807, 2.05) is 0 Å². The van der Waals surface area contributed by atoms with Crippen LogP contribution < -0.4 is 5.32 Å². The van der Waals surface area contributed by atoms with Crippen LogP contribution in [0.2, 0.25) is 0 Å². The molecule has 1 aliphatic rings. The second-order valence-corrected chi connectivity index (χ2v) is 5.18. The van der Waals surface area contributed by atoms with Gasteiger partial charge in [0.15, 0.2) is 0 Å². The fraction of sp³-hybridized carbons (Fsp3) is 0.600. The zero-order valence-corrected chi connectivity index (χ0v) is 10.9. The van der Waals surface area contributed by atoms with E-state index in [1.54, 1.807) is 0 Å². The van der Waals surface area contributed by atoms with Crippen LogP contribution in [0.4, 0.5) is 0 Å². The number of hydrogen-bond acceptors (Lipinski definition) is 2. The summed E-state index contributed by atoms with van der Waals surface area (Å²) in [6, 6.07) is 8.79. The maximum Gasteiger partial charge on any atom is 0.0721 e. The number of nitrogens with one attached hydrogen (secondary N) is 1. The molecule has 0 unspecified atom stereocenters. The molecule has 0 aliphatic carbocycles. The zero-order chi connectivity index (χ0) is 12.1. The topological polar surface area (TPSA) is 21.3 Å². The molecular weight excluding hydrogens is 210 g/mol. The zero-order valence-electron chi connectivity index (χ0n) is 10.9. The summed E-state index contributed by atoms with van der Waals surface area (Å²) in [5.41, 5.74) is 2.67. The van der Waals surface area contributed by atoms with Crippen molar-refractivity contribution in [2.45, 2.75) is 45.3 Å². The summed E-state index contributed by atoms with van der Waals surface area (Å²) in [6.45, 7) is 7.33. The second kappa shape index (κ2) is 6.18. The molecular formula is C15H23NO. The monoisotopic (exact) mass is 233 g/mol. The fourth-order valence-corrected chi connectivity index (χ4v) is 2.17. The standard InChI is InChI=1S/C15H23NO/c1-12(2)14-7-5-13(6-8-14)11-17-15-4-3-9-16-10-15/h5-8,12,15-16H,3-4,9-11H2,1-2H3/t15-/m0/s1. The van der Waals surface area contributed by atoms with Gasteiger partial charge >= 0.3 is 0 Å². The molecule has 1 N–H and O–H groups in total. The highest BCUT2D eigenvalue weighted by molar-refractivity contribution is 5.24. The third-order valence-corrected chi connectivity index (χ3v) is 3.38. The van der Waals surface area contributed by atoms with E-state index in [0.717, 1.165) is 19.7 Å². The Labute approximate surface area is 104 Å². The predicted octanol–water partition coefficient (Wildman–Crippen LogP) is 3.08. The Morgan fingerprint density at radius 2 is 2.06 bits per heavy atom. The van der Waals surface area contributed by atoms with Crippen molar-refractivity contribution >= 4 is 0 Å². The molecule has 2 rings (SSSR count). The van der Waals surface area contributed by atoms with Crippen LogP contribution >= 0.6 is 0 Å². The molecule has 2 nitrogen and oxygen atoms in total. The van der Waals surface area contributed by atoms with Gasteiger partial charge in [-0.15, -0.1) is 0 Å². The average molecular weight is 233 g/mol. The van der Waals surface area contributed by atoms with E-state index in [0.29, 0.717) is 12.0 Å². The van der Waals surface area contributed by atoms with Gasteiger partial charge in [0, 0.05) is 6.54 Å². The molecule has 1 aliphatic heterocycles. The largest absolute Gasteiger partial charge is 0.372 e. The number of hydrogen-bond donors (Lipinski definition) is 1. The summed E-state index contributed by atoms with van der Waals surface area (Å²) in [5, 5.41) is 3.37. The molecule has 2 heteroatoms. The van der Waals surface area contributed by atoms with E-state index in [-0.39, 0.29) is 0 Å². The first-order valence-corrected chi connectivity index (χ1v) is 6.67. The second-order valence-electron chi connectivity index (χ2n) is 5.18. The lowest BCUT2D eigenvalue weighted by atomic mass is 10.0. The SMILES string of the molecule is CC(C)c1ccc(CO[C@H]2CCCNC2)cc1. The first-order chi connectivity index (χ1) is 8.25. The Balaban J connectivity index is 1.82. The molecule has 0 bridgehead atoms. The molecule has 17 heavy (non-hydrogen) atoms. The van der Waals surface area contributed by atoms with Crippen LogP contribution in [-0.4, -0.2) is 19.2 Å². The van der Waals surface area contributed by atoms with E-state index >= 15 is 0 Å². The van der Waals surface area contributed by atoms with Crippen molar-refractivity contribution < 1.29 is 4.74 Å². The van der Waals surface area contributed by atoms with E-state index in [2.05, 4.69) is 43.4 Å². The molecule has 1 aromatic rings. The van der Waals surface area contributed by atoms with Crippen molar-refractivity contribution in [3.8, 4) is 0 Å². The molecule has 0 aromatic heterocycles. The molecule has 94 valence electrons. The Bertz CT molecular complexity index is 325. The third kappa shape index (κ3) is 3.83. The highest BCUT2D eigenvalue weighted by Crippen LogP contribution is 2.16. The smallest absolute Gasteiger partial charge is 0.0721 e. The van der Waals surface area contributed by atoms with Gasteiger partial charge < -0.3 is 10.1 Å². The molecule has 1 atom stereocenters. The molecule has 0 spiro atoms. The van der Waals surface area contributed by atoms with Crippen molar-refractivity contribution in [1.29, 1.82) is 0 Å². The molecule has 1 aromatic carbocycles. The van der Waals surface area contributed by atoms with Crippen LogP contribution in [0.5, 0.6) is 0 Å². The third-order valence-electron chi connectivity index (χ3n) is 3.38.